The van der Waals surface area contributed by atoms with E-state index in [9.17, 15) is 24.3 Å². The Kier molecular flexibility index (Phi) is 6.76. The molecule has 7 rings (SSSR count). The third kappa shape index (κ3) is 3.93. The van der Waals surface area contributed by atoms with Crippen LogP contribution in [-0.2, 0) is 24.6 Å². The van der Waals surface area contributed by atoms with Gasteiger partial charge in [-0.1, -0.05) is 91.4 Å². The minimum absolute atomic E-state index is 0.122. The largest absolute Gasteiger partial charge is 0.508 e. The number of rotatable bonds is 5. The highest BCUT2D eigenvalue weighted by Crippen LogP contribution is 2.63. The van der Waals surface area contributed by atoms with Gasteiger partial charge in [0.15, 0.2) is 11.6 Å². The first-order chi connectivity index (χ1) is 21.3. The first-order valence-electron chi connectivity index (χ1n) is 15.5. The minimum atomic E-state index is -1.26. The average molecular weight is 586 g/mol. The summed E-state index contributed by atoms with van der Waals surface area (Å²) in [6.07, 6.45) is 4.99. The maximum absolute atomic E-state index is 14.9. The molecule has 2 amide bonds. The third-order valence-corrected chi connectivity index (χ3v) is 10.5. The zero-order chi connectivity index (χ0) is 30.7. The number of aryl methyl sites for hydroxylation is 1. The molecular weight excluding hydrogens is 550 g/mol. The Hall–Kier alpha value is -4.58. The Labute approximate surface area is 257 Å². The van der Waals surface area contributed by atoms with Gasteiger partial charge in [0.05, 0.1) is 17.3 Å². The molecule has 6 heteroatoms. The summed E-state index contributed by atoms with van der Waals surface area (Å²) in [4.78, 5) is 58.6. The van der Waals surface area contributed by atoms with Crippen molar-refractivity contribution in [2.24, 2.45) is 23.7 Å². The molecule has 6 atom stereocenters. The highest BCUT2D eigenvalue weighted by Gasteiger charge is 2.65. The predicted octanol–water partition coefficient (Wildman–Crippen LogP) is 5.94. The van der Waals surface area contributed by atoms with Crippen LogP contribution in [0.5, 0.6) is 5.75 Å². The van der Waals surface area contributed by atoms with Crippen molar-refractivity contribution in [3.63, 3.8) is 0 Å². The van der Waals surface area contributed by atoms with Gasteiger partial charge in [0.25, 0.3) is 0 Å². The lowest BCUT2D eigenvalue weighted by Gasteiger charge is -2.55. The fraction of sp³-hybridized carbons (Fsp3) is 0.316. The highest BCUT2D eigenvalue weighted by molar-refractivity contribution is 6.31. The van der Waals surface area contributed by atoms with Crippen molar-refractivity contribution < 1.29 is 24.3 Å². The molecule has 3 aliphatic carbocycles. The Morgan fingerprint density at radius 2 is 1.59 bits per heavy atom. The number of allylic oxidation sites excluding steroid dienone is 4. The van der Waals surface area contributed by atoms with Crippen LogP contribution >= 0.6 is 0 Å². The molecule has 0 bridgehead atoms. The average Bonchev–Trinajstić information content (AvgIpc) is 3.29. The molecule has 0 aromatic heterocycles. The zero-order valence-electron chi connectivity index (χ0n) is 24.9. The van der Waals surface area contributed by atoms with Crippen LogP contribution in [0.25, 0.3) is 5.57 Å². The number of benzene rings is 3. The first kappa shape index (κ1) is 28.2. The monoisotopic (exact) mass is 585 g/mol. The number of ketones is 2. The molecule has 1 N–H and O–H groups in total. The number of amides is 2. The second-order valence-electron chi connectivity index (χ2n) is 12.7. The van der Waals surface area contributed by atoms with E-state index in [0.717, 1.165) is 16.7 Å². The van der Waals surface area contributed by atoms with Gasteiger partial charge in [-0.25, -0.2) is 0 Å². The van der Waals surface area contributed by atoms with Crippen molar-refractivity contribution >= 4 is 29.0 Å². The normalized spacial score (nSPS) is 29.5. The molecule has 44 heavy (non-hydrogen) atoms. The molecule has 1 aliphatic heterocycles. The highest BCUT2D eigenvalue weighted by atomic mass is 16.3. The topological polar surface area (TPSA) is 91.8 Å². The SMILES string of the molecule is CCCN1C(=O)[C@H]2[C@H](CC=C3[C@H]2C[C@H]2C(=O)C(c4ccccc4)=CC(=O)[C@@]2(c2ccccc2)[C@H]3c2ccc(O)c(C)c2)C1=O. The van der Waals surface area contributed by atoms with Crippen LogP contribution in [0.15, 0.2) is 96.6 Å². The number of nitrogens with zero attached hydrogens (tertiary/aromatic N) is 1. The number of hydrogen-bond donors (Lipinski definition) is 1. The van der Waals surface area contributed by atoms with Crippen LogP contribution in [0.4, 0.5) is 0 Å². The molecule has 2 fully saturated rings. The number of aromatic hydroxyl groups is 1. The molecule has 6 nitrogen and oxygen atoms in total. The van der Waals surface area contributed by atoms with Crippen molar-refractivity contribution in [1.29, 1.82) is 0 Å². The lowest BCUT2D eigenvalue weighted by molar-refractivity contribution is -0.140. The third-order valence-electron chi connectivity index (χ3n) is 10.5. The van der Waals surface area contributed by atoms with E-state index in [0.29, 0.717) is 42.5 Å². The van der Waals surface area contributed by atoms with Gasteiger partial charge >= 0.3 is 0 Å². The van der Waals surface area contributed by atoms with Gasteiger partial charge in [0, 0.05) is 24.0 Å². The van der Waals surface area contributed by atoms with Crippen molar-refractivity contribution in [2.75, 3.05) is 6.54 Å². The first-order valence-corrected chi connectivity index (χ1v) is 15.5. The van der Waals surface area contributed by atoms with Crippen molar-refractivity contribution in [2.45, 2.75) is 44.4 Å². The summed E-state index contributed by atoms with van der Waals surface area (Å²) in [5.41, 5.74) is 2.98. The van der Waals surface area contributed by atoms with Gasteiger partial charge in [-0.3, -0.25) is 24.1 Å². The maximum Gasteiger partial charge on any atom is 0.233 e. The van der Waals surface area contributed by atoms with Gasteiger partial charge in [-0.05, 0) is 66.5 Å². The summed E-state index contributed by atoms with van der Waals surface area (Å²) in [7, 11) is 0. The lowest BCUT2D eigenvalue weighted by Crippen LogP contribution is -2.58. The maximum atomic E-state index is 14.9. The van der Waals surface area contributed by atoms with Gasteiger partial charge in [-0.15, -0.1) is 0 Å². The standard InChI is InChI=1S/C38H35NO5/c1-3-18-39-36(43)27-16-15-26-29(33(27)37(39)44)20-30-35(42)28(23-10-6-4-7-11-23)21-32(41)38(30,25-12-8-5-9-13-25)34(26)24-14-17-31(40)22(2)19-24/h4-15,17,19,21,27,29-30,33-34,40H,3,16,18,20H2,1-2H3/t27-,29+,30-,33-,34-,38-/m0/s1. The molecule has 1 saturated carbocycles. The van der Waals surface area contributed by atoms with Crippen LogP contribution in [0, 0.1) is 30.6 Å². The van der Waals surface area contributed by atoms with Gasteiger partial charge in [-0.2, -0.15) is 0 Å². The van der Waals surface area contributed by atoms with Gasteiger partial charge < -0.3 is 5.11 Å². The van der Waals surface area contributed by atoms with E-state index in [4.69, 9.17) is 0 Å². The number of fused-ring (bicyclic) bond motifs is 4. The van der Waals surface area contributed by atoms with E-state index in [1.54, 1.807) is 6.07 Å². The summed E-state index contributed by atoms with van der Waals surface area (Å²) >= 11 is 0. The number of hydrogen-bond acceptors (Lipinski definition) is 5. The Morgan fingerprint density at radius 1 is 0.886 bits per heavy atom. The number of Topliss-reactive ketones (excluding diaryl/α,β-unsaturated/α-hetero) is 1. The summed E-state index contributed by atoms with van der Waals surface area (Å²) < 4.78 is 0. The van der Waals surface area contributed by atoms with E-state index in [1.807, 2.05) is 86.6 Å². The van der Waals surface area contributed by atoms with Crippen LogP contribution in [0.3, 0.4) is 0 Å². The smallest absolute Gasteiger partial charge is 0.233 e. The summed E-state index contributed by atoms with van der Waals surface area (Å²) in [5.74, 6) is -3.17. The van der Waals surface area contributed by atoms with Crippen LogP contribution in [-0.4, -0.2) is 39.9 Å². The van der Waals surface area contributed by atoms with E-state index in [1.165, 1.54) is 11.0 Å². The molecular formula is C38H35NO5. The van der Waals surface area contributed by atoms with E-state index >= 15 is 0 Å². The van der Waals surface area contributed by atoms with E-state index in [-0.39, 0.29) is 35.0 Å². The van der Waals surface area contributed by atoms with Crippen molar-refractivity contribution in [1.82, 2.24) is 4.90 Å². The molecule has 222 valence electrons. The molecule has 0 unspecified atom stereocenters. The molecule has 3 aromatic rings. The van der Waals surface area contributed by atoms with Crippen molar-refractivity contribution in [3.05, 3.63) is 119 Å². The van der Waals surface area contributed by atoms with E-state index < -0.39 is 29.1 Å². The minimum Gasteiger partial charge on any atom is -0.508 e. The molecule has 3 aromatic carbocycles. The number of likely N-dealkylation sites (tertiary alicyclic amines) is 1. The summed E-state index contributed by atoms with van der Waals surface area (Å²) in [5, 5.41) is 10.5. The fourth-order valence-electron chi connectivity index (χ4n) is 8.62. The predicted molar refractivity (Wildman–Crippen MR) is 166 cm³/mol. The van der Waals surface area contributed by atoms with Crippen molar-refractivity contribution in [3.8, 4) is 5.75 Å². The molecule has 1 heterocycles. The lowest BCUT2D eigenvalue weighted by atomic mass is 9.44. The summed E-state index contributed by atoms with van der Waals surface area (Å²) in [6, 6.07) is 24.2. The molecule has 4 aliphatic rings. The zero-order valence-corrected chi connectivity index (χ0v) is 24.9. The van der Waals surface area contributed by atoms with Crippen LogP contribution < -0.4 is 0 Å². The Morgan fingerprint density at radius 3 is 2.27 bits per heavy atom. The van der Waals surface area contributed by atoms with Crippen LogP contribution in [0.1, 0.15) is 54.4 Å². The fourth-order valence-corrected chi connectivity index (χ4v) is 8.62. The Balaban J connectivity index is 1.50. The van der Waals surface area contributed by atoms with Gasteiger partial charge in [0.2, 0.25) is 11.8 Å². The number of carbonyl (C=O) groups excluding carboxylic acids is 4. The quantitative estimate of drug-likeness (QED) is 0.296. The summed E-state index contributed by atoms with van der Waals surface area (Å²) in [6.45, 7) is 4.15. The second kappa shape index (κ2) is 10.5. The van der Waals surface area contributed by atoms with E-state index in [2.05, 4.69) is 6.08 Å². The van der Waals surface area contributed by atoms with Crippen LogP contribution in [0.2, 0.25) is 0 Å². The van der Waals surface area contributed by atoms with Gasteiger partial charge in [0.1, 0.15) is 5.75 Å². The molecule has 0 radical (unpaired) electrons. The Bertz CT molecular complexity index is 1760. The molecule has 0 spiro atoms. The number of imide groups is 1. The number of phenolic OH excluding ortho intramolecular Hbond substituents is 1. The second-order valence-corrected chi connectivity index (χ2v) is 12.7. The number of carbonyl (C=O) groups is 4. The molecule has 1 saturated heterocycles. The number of phenols is 1.